The van der Waals surface area contributed by atoms with Crippen molar-refractivity contribution < 1.29 is 56.1 Å². The van der Waals surface area contributed by atoms with E-state index in [1.54, 1.807) is 0 Å². The number of hydrogen-bond donors (Lipinski definition) is 1. The molecule has 0 amide bonds. The molecule has 1 N–H and O–H groups in total. The summed E-state index contributed by atoms with van der Waals surface area (Å²) in [5, 5.41) is 8.43. The molecule has 0 aromatic rings. The minimum Gasteiger partial charge on any atom is -1.00 e. The molecule has 0 fully saturated rings. The van der Waals surface area contributed by atoms with Gasteiger partial charge in [0.15, 0.2) is 0 Å². The SMILES string of the molecule is CC1=[C-]C(C)(C)C(C)=C1C.OCCC1=[C-]CC=C1.[Cl-].[Cl-].[Zr+4]. The number of rotatable bonds is 2. The topological polar surface area (TPSA) is 20.2 Å². The molecule has 2 aliphatic carbocycles. The first-order valence-corrected chi connectivity index (χ1v) is 6.55. The van der Waals surface area contributed by atoms with Gasteiger partial charge < -0.3 is 29.9 Å². The number of hydrogen-bond acceptors (Lipinski definition) is 1. The third-order valence-corrected chi connectivity index (χ3v) is 3.71. The van der Waals surface area contributed by atoms with Gasteiger partial charge in [0.2, 0.25) is 0 Å². The maximum absolute atomic E-state index is 8.43. The molecule has 4 heteroatoms. The third kappa shape index (κ3) is 7.98. The Labute approximate surface area is 161 Å². The van der Waals surface area contributed by atoms with Crippen molar-refractivity contribution in [2.45, 2.75) is 47.5 Å². The van der Waals surface area contributed by atoms with Crippen molar-refractivity contribution in [3.8, 4) is 0 Å². The first-order chi connectivity index (χ1) is 8.38. The Morgan fingerprint density at radius 1 is 1.19 bits per heavy atom. The Morgan fingerprint density at radius 3 is 2.00 bits per heavy atom. The van der Waals surface area contributed by atoms with Gasteiger partial charge in [-0.3, -0.25) is 12.2 Å². The normalized spacial score (nSPS) is 17.6. The van der Waals surface area contributed by atoms with E-state index in [9.17, 15) is 0 Å². The standard InChI is InChI=1S/C10H15.C7H9O.2ClH.Zr/c1-7-6-10(4,5)9(3)8(7)2;8-6-5-7-3-1-2-4-7;;;/h1-5H3;1,3,8H,2,5-6H2;2*1H;/q2*-1;;;+4/p-2. The van der Waals surface area contributed by atoms with Gasteiger partial charge in [0.25, 0.3) is 0 Å². The fourth-order valence-corrected chi connectivity index (χ4v) is 2.15. The minimum absolute atomic E-state index is 0. The second kappa shape index (κ2) is 11.9. The molecule has 2 rings (SSSR count). The van der Waals surface area contributed by atoms with E-state index in [-0.39, 0.29) is 63.0 Å². The van der Waals surface area contributed by atoms with Crippen LogP contribution in [-0.4, -0.2) is 11.7 Å². The van der Waals surface area contributed by atoms with Crippen LogP contribution in [0.2, 0.25) is 0 Å². The van der Waals surface area contributed by atoms with E-state index in [1.165, 1.54) is 16.7 Å². The fraction of sp³-hybridized carbons (Fsp3) is 0.529. The summed E-state index contributed by atoms with van der Waals surface area (Å²) >= 11 is 0. The molecule has 0 saturated carbocycles. The first kappa shape index (κ1) is 26.3. The Hall–Kier alpha value is 0.383. The number of halogens is 2. The molecule has 2 aliphatic rings. The first-order valence-electron chi connectivity index (χ1n) is 6.55. The van der Waals surface area contributed by atoms with E-state index in [2.05, 4.69) is 46.8 Å². The molecule has 0 unspecified atom stereocenters. The summed E-state index contributed by atoms with van der Waals surface area (Å²) in [4.78, 5) is 0. The van der Waals surface area contributed by atoms with Crippen LogP contribution in [-0.2, 0) is 26.2 Å². The Kier molecular flexibility index (Phi) is 14.9. The minimum atomic E-state index is 0. The molecule has 0 radical (unpaired) electrons. The Bertz CT molecular complexity index is 432. The fourth-order valence-electron chi connectivity index (χ4n) is 2.15. The van der Waals surface area contributed by atoms with Crippen molar-refractivity contribution in [2.24, 2.45) is 5.41 Å². The second-order valence-electron chi connectivity index (χ2n) is 5.41. The van der Waals surface area contributed by atoms with Crippen LogP contribution in [0.15, 0.2) is 34.4 Å². The molecule has 1 nitrogen and oxygen atoms in total. The molecule has 0 aliphatic heterocycles. The zero-order valence-electron chi connectivity index (χ0n) is 13.5. The van der Waals surface area contributed by atoms with Crippen LogP contribution in [0, 0.1) is 17.6 Å². The van der Waals surface area contributed by atoms with Gasteiger partial charge in [0.05, 0.1) is 0 Å². The van der Waals surface area contributed by atoms with Crippen LogP contribution in [0.25, 0.3) is 0 Å². The molecule has 0 aromatic heterocycles. The smallest absolute Gasteiger partial charge is 1.00 e. The van der Waals surface area contributed by atoms with Gasteiger partial charge in [-0.25, -0.2) is 17.2 Å². The van der Waals surface area contributed by atoms with Crippen LogP contribution >= 0.6 is 0 Å². The Balaban J connectivity index is -0.000000274. The van der Waals surface area contributed by atoms with Crippen molar-refractivity contribution in [2.75, 3.05) is 6.61 Å². The van der Waals surface area contributed by atoms with E-state index in [0.29, 0.717) is 0 Å². The van der Waals surface area contributed by atoms with Gasteiger partial charge in [-0.05, 0) is 6.42 Å². The van der Waals surface area contributed by atoms with Crippen molar-refractivity contribution in [3.63, 3.8) is 0 Å². The summed E-state index contributed by atoms with van der Waals surface area (Å²) in [6, 6.07) is 0. The maximum Gasteiger partial charge on any atom is 4.00 e. The van der Waals surface area contributed by atoms with Crippen molar-refractivity contribution in [1.29, 1.82) is 0 Å². The van der Waals surface area contributed by atoms with E-state index in [0.717, 1.165) is 18.4 Å². The Morgan fingerprint density at radius 2 is 1.76 bits per heavy atom. The summed E-state index contributed by atoms with van der Waals surface area (Å²) in [6.45, 7) is 11.2. The molecule has 0 bridgehead atoms. The average molecular weight is 407 g/mol. The number of allylic oxidation sites excluding steroid dienone is 7. The van der Waals surface area contributed by atoms with Crippen LogP contribution in [0.3, 0.4) is 0 Å². The monoisotopic (exact) mass is 404 g/mol. The van der Waals surface area contributed by atoms with Crippen LogP contribution in [0.1, 0.15) is 47.5 Å². The molecular weight excluding hydrogens is 382 g/mol. The molecule has 0 spiro atoms. The van der Waals surface area contributed by atoms with Crippen molar-refractivity contribution >= 4 is 0 Å². The van der Waals surface area contributed by atoms with Gasteiger partial charge in [0.1, 0.15) is 0 Å². The predicted molar refractivity (Wildman–Crippen MR) is 76.8 cm³/mol. The van der Waals surface area contributed by atoms with Gasteiger partial charge >= 0.3 is 26.2 Å². The van der Waals surface area contributed by atoms with Gasteiger partial charge in [-0.2, -0.15) is 17.2 Å². The van der Waals surface area contributed by atoms with E-state index < -0.39 is 0 Å². The van der Waals surface area contributed by atoms with E-state index in [4.69, 9.17) is 5.11 Å². The largest absolute Gasteiger partial charge is 4.00 e. The zero-order chi connectivity index (χ0) is 13.8. The maximum atomic E-state index is 8.43. The van der Waals surface area contributed by atoms with Crippen LogP contribution in [0.4, 0.5) is 0 Å². The molecule has 0 atom stereocenters. The summed E-state index contributed by atoms with van der Waals surface area (Å²) in [5.74, 6) is 0. The molecule has 0 saturated heterocycles. The van der Waals surface area contributed by atoms with Crippen LogP contribution in [0.5, 0.6) is 0 Å². The quantitative estimate of drug-likeness (QED) is 0.536. The van der Waals surface area contributed by atoms with Gasteiger partial charge in [-0.1, -0.05) is 33.1 Å². The summed E-state index contributed by atoms with van der Waals surface area (Å²) in [6.07, 6.45) is 12.3. The molecule has 0 aromatic carbocycles. The van der Waals surface area contributed by atoms with Gasteiger partial charge in [-0.15, -0.1) is 13.3 Å². The molecule has 21 heavy (non-hydrogen) atoms. The summed E-state index contributed by atoms with van der Waals surface area (Å²) in [5.41, 5.74) is 5.54. The van der Waals surface area contributed by atoms with Gasteiger partial charge in [0, 0.05) is 6.61 Å². The third-order valence-electron chi connectivity index (χ3n) is 3.71. The summed E-state index contributed by atoms with van der Waals surface area (Å²) < 4.78 is 0. The van der Waals surface area contributed by atoms with E-state index >= 15 is 0 Å². The zero-order valence-corrected chi connectivity index (χ0v) is 17.4. The van der Waals surface area contributed by atoms with E-state index in [1.807, 2.05) is 12.2 Å². The second-order valence-corrected chi connectivity index (χ2v) is 5.41. The number of aliphatic hydroxyl groups excluding tert-OH is 1. The molecular formula is C17H24Cl2OZr. The summed E-state index contributed by atoms with van der Waals surface area (Å²) in [7, 11) is 0. The van der Waals surface area contributed by atoms with Crippen LogP contribution < -0.4 is 24.8 Å². The predicted octanol–water partition coefficient (Wildman–Crippen LogP) is -1.82. The average Bonchev–Trinajstić information content (AvgIpc) is 2.85. The number of aliphatic hydroxyl groups is 1. The van der Waals surface area contributed by atoms with Crippen molar-refractivity contribution in [3.05, 3.63) is 46.6 Å². The molecule has 0 heterocycles. The van der Waals surface area contributed by atoms with Crippen molar-refractivity contribution in [1.82, 2.24) is 0 Å². The molecule has 116 valence electrons.